The zero-order valence-corrected chi connectivity index (χ0v) is 28.3. The van der Waals surface area contributed by atoms with Crippen LogP contribution in [0.3, 0.4) is 0 Å². The number of alkyl halides is 3. The van der Waals surface area contributed by atoms with E-state index in [-0.39, 0.29) is 52.3 Å². The van der Waals surface area contributed by atoms with Gasteiger partial charge in [-0.05, 0) is 35.9 Å². The molecule has 1 amide bonds. The number of ether oxygens (including phenoxy) is 3. The summed E-state index contributed by atoms with van der Waals surface area (Å²) >= 11 is 6.51. The van der Waals surface area contributed by atoms with Crippen molar-refractivity contribution in [3.8, 4) is 17.0 Å². The fourth-order valence-electron chi connectivity index (χ4n) is 4.04. The van der Waals surface area contributed by atoms with Gasteiger partial charge in [0.2, 0.25) is 0 Å². The van der Waals surface area contributed by atoms with Crippen LogP contribution in [0.5, 0.6) is 5.75 Å². The lowest BCUT2D eigenvalue weighted by atomic mass is 9.99. The van der Waals surface area contributed by atoms with Gasteiger partial charge < -0.3 is 19.5 Å². The van der Waals surface area contributed by atoms with Crippen LogP contribution in [0.1, 0.15) is 16.1 Å². The Bertz CT molecular complexity index is 1440. The molecule has 1 aromatic carbocycles. The Morgan fingerprint density at radius 1 is 1.02 bits per heavy atom. The molecule has 2 heterocycles. The van der Waals surface area contributed by atoms with Gasteiger partial charge in [0, 0.05) is 42.0 Å². The molecule has 238 valence electrons. The summed E-state index contributed by atoms with van der Waals surface area (Å²) < 4.78 is 74.1. The Balaban J connectivity index is 2.03. The first-order valence-corrected chi connectivity index (χ1v) is 21.6. The third-order valence-electron chi connectivity index (χ3n) is 6.46. The molecule has 0 bridgehead atoms. The van der Waals surface area contributed by atoms with E-state index in [1.165, 1.54) is 17.8 Å². The van der Waals surface area contributed by atoms with Crippen molar-refractivity contribution in [2.24, 2.45) is 0 Å². The molecular formula is C28H39ClF4N4O4Si2. The summed E-state index contributed by atoms with van der Waals surface area (Å²) in [6, 6.07) is 5.12. The normalized spacial score (nSPS) is 12.7. The smallest absolute Gasteiger partial charge is 0.393 e. The summed E-state index contributed by atoms with van der Waals surface area (Å²) in [6.07, 6.45) is -5.97. The van der Waals surface area contributed by atoms with E-state index in [2.05, 4.69) is 54.7 Å². The molecule has 0 aliphatic heterocycles. The molecule has 0 saturated carbocycles. The molecule has 43 heavy (non-hydrogen) atoms. The SMILES string of the molecule is CNC(=O)c1nn(COCC[Si](C)(C)C)c2cc(-c3cc(F)c(OCOCC[Si](C)(C)C)cc3CC(F)(F)F)nc(Cl)c12. The number of carbonyl (C=O) groups excluding carboxylic acids is 1. The van der Waals surface area contributed by atoms with Crippen LogP contribution < -0.4 is 10.1 Å². The van der Waals surface area contributed by atoms with Crippen LogP contribution in [0, 0.1) is 5.82 Å². The highest BCUT2D eigenvalue weighted by Gasteiger charge is 2.31. The number of pyridine rings is 1. The lowest BCUT2D eigenvalue weighted by Crippen LogP contribution is -2.22. The van der Waals surface area contributed by atoms with E-state index in [1.54, 1.807) is 0 Å². The number of benzene rings is 1. The molecule has 0 unspecified atom stereocenters. The van der Waals surface area contributed by atoms with Crippen molar-refractivity contribution < 1.29 is 36.6 Å². The molecule has 0 saturated heterocycles. The Morgan fingerprint density at radius 2 is 1.65 bits per heavy atom. The van der Waals surface area contributed by atoms with E-state index < -0.39 is 40.5 Å². The van der Waals surface area contributed by atoms with Crippen LogP contribution in [0.2, 0.25) is 56.5 Å². The highest BCUT2D eigenvalue weighted by molar-refractivity contribution is 6.76. The van der Waals surface area contributed by atoms with Crippen LogP contribution in [-0.4, -0.2) is 70.1 Å². The number of rotatable bonds is 14. The molecule has 0 aliphatic rings. The summed E-state index contributed by atoms with van der Waals surface area (Å²) in [7, 11) is -1.31. The van der Waals surface area contributed by atoms with Gasteiger partial charge in [-0.2, -0.15) is 18.3 Å². The molecule has 2 aromatic heterocycles. The van der Waals surface area contributed by atoms with Gasteiger partial charge in [0.1, 0.15) is 11.9 Å². The Labute approximate surface area is 256 Å². The van der Waals surface area contributed by atoms with E-state index in [0.717, 1.165) is 24.2 Å². The summed E-state index contributed by atoms with van der Waals surface area (Å²) in [4.78, 5) is 16.8. The van der Waals surface area contributed by atoms with Gasteiger partial charge in [-0.15, -0.1) is 0 Å². The second kappa shape index (κ2) is 14.1. The fraction of sp³-hybridized carbons (Fsp3) is 0.536. The second-order valence-corrected chi connectivity index (χ2v) is 24.3. The predicted molar refractivity (Wildman–Crippen MR) is 165 cm³/mol. The molecule has 3 aromatic rings. The summed E-state index contributed by atoms with van der Waals surface area (Å²) in [5.41, 5.74) is -0.135. The summed E-state index contributed by atoms with van der Waals surface area (Å²) in [6.45, 7) is 13.7. The Hall–Kier alpha value is -2.53. The Morgan fingerprint density at radius 3 is 2.23 bits per heavy atom. The Kier molecular flexibility index (Phi) is 11.4. The zero-order valence-electron chi connectivity index (χ0n) is 25.5. The van der Waals surface area contributed by atoms with Gasteiger partial charge in [0.15, 0.2) is 24.1 Å². The number of nitrogens with zero attached hydrogens (tertiary/aromatic N) is 3. The van der Waals surface area contributed by atoms with Crippen LogP contribution in [0.4, 0.5) is 17.6 Å². The summed E-state index contributed by atoms with van der Waals surface area (Å²) in [5, 5.41) is 6.87. The fourth-order valence-corrected chi connectivity index (χ4v) is 5.83. The van der Waals surface area contributed by atoms with Crippen LogP contribution in [-0.2, 0) is 22.6 Å². The van der Waals surface area contributed by atoms with Crippen molar-refractivity contribution >= 4 is 44.6 Å². The average Bonchev–Trinajstić information content (AvgIpc) is 3.24. The van der Waals surface area contributed by atoms with Gasteiger partial charge in [-0.3, -0.25) is 4.79 Å². The van der Waals surface area contributed by atoms with Gasteiger partial charge >= 0.3 is 6.18 Å². The molecule has 1 N–H and O–H groups in total. The van der Waals surface area contributed by atoms with Crippen molar-refractivity contribution in [3.05, 3.63) is 40.4 Å². The van der Waals surface area contributed by atoms with Crippen molar-refractivity contribution in [1.82, 2.24) is 20.1 Å². The van der Waals surface area contributed by atoms with Crippen molar-refractivity contribution in [2.75, 3.05) is 27.1 Å². The molecule has 0 aliphatic carbocycles. The number of fused-ring (bicyclic) bond motifs is 1. The largest absolute Gasteiger partial charge is 0.464 e. The molecule has 15 heteroatoms. The van der Waals surface area contributed by atoms with E-state index >= 15 is 4.39 Å². The molecule has 0 spiro atoms. The maximum atomic E-state index is 15.2. The quantitative estimate of drug-likeness (QED) is 0.0638. The average molecular weight is 663 g/mol. The van der Waals surface area contributed by atoms with Crippen molar-refractivity contribution in [2.45, 2.75) is 70.7 Å². The molecular weight excluding hydrogens is 624 g/mol. The number of halogens is 5. The molecule has 0 radical (unpaired) electrons. The summed E-state index contributed by atoms with van der Waals surface area (Å²) in [5.74, 6) is -1.78. The number of amides is 1. The van der Waals surface area contributed by atoms with E-state index in [0.29, 0.717) is 18.7 Å². The van der Waals surface area contributed by atoms with E-state index in [9.17, 15) is 18.0 Å². The minimum atomic E-state index is -4.61. The highest BCUT2D eigenvalue weighted by Crippen LogP contribution is 2.37. The van der Waals surface area contributed by atoms with Crippen molar-refractivity contribution in [3.63, 3.8) is 0 Å². The topological polar surface area (TPSA) is 87.5 Å². The van der Waals surface area contributed by atoms with Crippen molar-refractivity contribution in [1.29, 1.82) is 0 Å². The van der Waals surface area contributed by atoms with Crippen LogP contribution in [0.15, 0.2) is 18.2 Å². The third-order valence-corrected chi connectivity index (χ3v) is 10.1. The standard InChI is InChI=1S/C28H39ClF4N4O4Si2/c1-34-27(38)25-24-22(37(36-25)16-39-8-10-42(2,3)4)14-21(35-26(24)29)19-13-20(30)23(12-18(19)15-28(31,32)33)41-17-40-9-11-43(5,6)7/h12-14H,8-11,15-17H2,1-7H3,(H,34,38). The third kappa shape index (κ3) is 10.3. The monoisotopic (exact) mass is 662 g/mol. The molecule has 0 fully saturated rings. The van der Waals surface area contributed by atoms with Crippen LogP contribution >= 0.6 is 11.6 Å². The number of aromatic nitrogens is 3. The van der Waals surface area contributed by atoms with E-state index in [4.69, 9.17) is 25.8 Å². The first-order valence-electron chi connectivity index (χ1n) is 13.9. The number of hydrogen-bond donors (Lipinski definition) is 1. The van der Waals surface area contributed by atoms with Gasteiger partial charge in [-0.1, -0.05) is 50.9 Å². The minimum Gasteiger partial charge on any atom is -0.464 e. The van der Waals surface area contributed by atoms with Gasteiger partial charge in [0.05, 0.1) is 23.0 Å². The molecule has 8 nitrogen and oxygen atoms in total. The van der Waals surface area contributed by atoms with Gasteiger partial charge in [-0.25, -0.2) is 14.1 Å². The number of hydrogen-bond acceptors (Lipinski definition) is 6. The predicted octanol–water partition coefficient (Wildman–Crippen LogP) is 7.36. The maximum absolute atomic E-state index is 15.2. The van der Waals surface area contributed by atoms with E-state index in [1.807, 2.05) is 0 Å². The van der Waals surface area contributed by atoms with Crippen LogP contribution in [0.25, 0.3) is 22.2 Å². The van der Waals surface area contributed by atoms with Gasteiger partial charge in [0.25, 0.3) is 5.91 Å². The number of nitrogens with one attached hydrogen (secondary N) is 1. The highest BCUT2D eigenvalue weighted by atomic mass is 35.5. The molecule has 3 rings (SSSR count). The lowest BCUT2D eigenvalue weighted by molar-refractivity contribution is -0.127. The number of carbonyl (C=O) groups is 1. The second-order valence-electron chi connectivity index (χ2n) is 12.7. The minimum absolute atomic E-state index is 0.0186. The first kappa shape index (κ1) is 35.0. The molecule has 0 atom stereocenters. The lowest BCUT2D eigenvalue weighted by Gasteiger charge is -2.17. The zero-order chi connectivity index (χ0) is 32.2. The first-order chi connectivity index (χ1) is 19.9. The maximum Gasteiger partial charge on any atom is 0.393 e.